The summed E-state index contributed by atoms with van der Waals surface area (Å²) in [5, 5.41) is 0. The monoisotopic (exact) mass is 335 g/mol. The van der Waals surface area contributed by atoms with E-state index in [-0.39, 0.29) is 0 Å². The number of methoxy groups -OCH3 is 2. The molecule has 2 aromatic rings. The number of hydrogen-bond donors (Lipinski definition) is 1. The Morgan fingerprint density at radius 2 is 1.70 bits per heavy atom. The van der Waals surface area contributed by atoms with E-state index in [1.165, 1.54) is 0 Å². The standard InChI is InChI=1S/C16H18BrNO2/c1-16(18,12-6-4-5-7-14(12)17)13-10-11(19-2)8-9-15(13)20-3/h4-10H,18H2,1-3H3. The van der Waals surface area contributed by atoms with Crippen LogP contribution in [0.25, 0.3) is 0 Å². The third-order valence-corrected chi connectivity index (χ3v) is 4.09. The van der Waals surface area contributed by atoms with Gasteiger partial charge in [-0.15, -0.1) is 0 Å². The minimum atomic E-state index is -0.694. The quantitative estimate of drug-likeness (QED) is 0.926. The zero-order chi connectivity index (χ0) is 14.8. The maximum absolute atomic E-state index is 6.59. The molecule has 0 saturated heterocycles. The van der Waals surface area contributed by atoms with E-state index in [0.29, 0.717) is 0 Å². The largest absolute Gasteiger partial charge is 0.497 e. The van der Waals surface area contributed by atoms with E-state index in [1.807, 2.05) is 49.4 Å². The Kier molecular flexibility index (Phi) is 4.35. The molecule has 0 spiro atoms. The van der Waals surface area contributed by atoms with Gasteiger partial charge in [0.2, 0.25) is 0 Å². The topological polar surface area (TPSA) is 44.5 Å². The summed E-state index contributed by atoms with van der Waals surface area (Å²) in [4.78, 5) is 0. The molecule has 2 rings (SSSR count). The summed E-state index contributed by atoms with van der Waals surface area (Å²) in [6, 6.07) is 13.6. The molecule has 1 atom stereocenters. The lowest BCUT2D eigenvalue weighted by Crippen LogP contribution is -2.35. The van der Waals surface area contributed by atoms with Crippen molar-refractivity contribution in [3.63, 3.8) is 0 Å². The predicted octanol–water partition coefficient (Wildman–Crippen LogP) is 3.69. The fraction of sp³-hybridized carbons (Fsp3) is 0.250. The van der Waals surface area contributed by atoms with Gasteiger partial charge in [0.25, 0.3) is 0 Å². The fourth-order valence-corrected chi connectivity index (χ4v) is 2.94. The van der Waals surface area contributed by atoms with Crippen LogP contribution in [0.15, 0.2) is 46.9 Å². The Labute approximate surface area is 127 Å². The maximum atomic E-state index is 6.59. The average molecular weight is 336 g/mol. The first-order valence-corrected chi connectivity index (χ1v) is 7.06. The van der Waals surface area contributed by atoms with Crippen molar-refractivity contribution in [1.29, 1.82) is 0 Å². The molecule has 3 nitrogen and oxygen atoms in total. The van der Waals surface area contributed by atoms with Crippen LogP contribution in [-0.2, 0) is 5.54 Å². The predicted molar refractivity (Wildman–Crippen MR) is 84.3 cm³/mol. The molecule has 0 saturated carbocycles. The number of ether oxygens (including phenoxy) is 2. The van der Waals surface area contributed by atoms with Gasteiger partial charge < -0.3 is 15.2 Å². The number of rotatable bonds is 4. The first kappa shape index (κ1) is 14.9. The first-order chi connectivity index (χ1) is 9.50. The molecule has 0 radical (unpaired) electrons. The Hall–Kier alpha value is -1.52. The molecule has 0 aliphatic rings. The van der Waals surface area contributed by atoms with Gasteiger partial charge in [-0.2, -0.15) is 0 Å². The first-order valence-electron chi connectivity index (χ1n) is 6.27. The second-order valence-electron chi connectivity index (χ2n) is 4.75. The van der Waals surface area contributed by atoms with E-state index >= 15 is 0 Å². The Balaban J connectivity index is 2.61. The van der Waals surface area contributed by atoms with Gasteiger partial charge in [0.15, 0.2) is 0 Å². The van der Waals surface area contributed by atoms with Crippen LogP contribution in [0.5, 0.6) is 11.5 Å². The molecular formula is C16H18BrNO2. The third-order valence-electron chi connectivity index (χ3n) is 3.40. The van der Waals surface area contributed by atoms with Crippen LogP contribution in [0.3, 0.4) is 0 Å². The van der Waals surface area contributed by atoms with Crippen molar-refractivity contribution in [1.82, 2.24) is 0 Å². The minimum absolute atomic E-state index is 0.694. The molecule has 106 valence electrons. The van der Waals surface area contributed by atoms with Crippen molar-refractivity contribution in [3.05, 3.63) is 58.1 Å². The smallest absolute Gasteiger partial charge is 0.124 e. The molecule has 0 fully saturated rings. The average Bonchev–Trinajstić information content (AvgIpc) is 2.46. The highest BCUT2D eigenvalue weighted by Gasteiger charge is 2.29. The van der Waals surface area contributed by atoms with E-state index in [4.69, 9.17) is 15.2 Å². The van der Waals surface area contributed by atoms with Gasteiger partial charge >= 0.3 is 0 Å². The van der Waals surface area contributed by atoms with Crippen molar-refractivity contribution in [3.8, 4) is 11.5 Å². The van der Waals surface area contributed by atoms with E-state index in [1.54, 1.807) is 14.2 Å². The summed E-state index contributed by atoms with van der Waals surface area (Å²) in [5.41, 5.74) is 7.77. The van der Waals surface area contributed by atoms with Gasteiger partial charge in [-0.25, -0.2) is 0 Å². The summed E-state index contributed by atoms with van der Waals surface area (Å²) >= 11 is 3.56. The van der Waals surface area contributed by atoms with Crippen LogP contribution in [0.1, 0.15) is 18.1 Å². The van der Waals surface area contributed by atoms with Crippen LogP contribution in [0, 0.1) is 0 Å². The van der Waals surface area contributed by atoms with Gasteiger partial charge in [-0.3, -0.25) is 0 Å². The lowest BCUT2D eigenvalue weighted by Gasteiger charge is -2.29. The van der Waals surface area contributed by atoms with Gasteiger partial charge in [-0.05, 0) is 36.8 Å². The van der Waals surface area contributed by atoms with Gasteiger partial charge in [0.1, 0.15) is 11.5 Å². The van der Waals surface area contributed by atoms with Crippen LogP contribution in [0.4, 0.5) is 0 Å². The second-order valence-corrected chi connectivity index (χ2v) is 5.60. The number of hydrogen-bond acceptors (Lipinski definition) is 3. The van der Waals surface area contributed by atoms with Gasteiger partial charge in [0, 0.05) is 10.0 Å². The molecule has 0 aliphatic heterocycles. The third kappa shape index (κ3) is 2.67. The highest BCUT2D eigenvalue weighted by atomic mass is 79.9. The van der Waals surface area contributed by atoms with Crippen molar-refractivity contribution in [2.75, 3.05) is 14.2 Å². The van der Waals surface area contributed by atoms with Crippen molar-refractivity contribution >= 4 is 15.9 Å². The molecule has 0 heterocycles. The fourth-order valence-electron chi connectivity index (χ4n) is 2.25. The van der Waals surface area contributed by atoms with E-state index in [0.717, 1.165) is 27.1 Å². The molecule has 4 heteroatoms. The summed E-state index contributed by atoms with van der Waals surface area (Å²) < 4.78 is 11.7. The molecule has 20 heavy (non-hydrogen) atoms. The SMILES string of the molecule is COc1ccc(OC)c(C(C)(N)c2ccccc2Br)c1. The Morgan fingerprint density at radius 3 is 2.30 bits per heavy atom. The number of nitrogens with two attached hydrogens (primary N) is 1. The molecule has 0 aromatic heterocycles. The molecule has 0 bridgehead atoms. The van der Waals surface area contributed by atoms with Crippen molar-refractivity contribution in [2.45, 2.75) is 12.5 Å². The Morgan fingerprint density at radius 1 is 1.00 bits per heavy atom. The molecule has 2 aromatic carbocycles. The van der Waals surface area contributed by atoms with Crippen LogP contribution in [-0.4, -0.2) is 14.2 Å². The van der Waals surface area contributed by atoms with Gasteiger partial charge in [0.05, 0.1) is 19.8 Å². The van der Waals surface area contributed by atoms with Crippen LogP contribution >= 0.6 is 15.9 Å². The van der Waals surface area contributed by atoms with Crippen LogP contribution < -0.4 is 15.2 Å². The lowest BCUT2D eigenvalue weighted by atomic mass is 9.85. The zero-order valence-corrected chi connectivity index (χ0v) is 13.4. The van der Waals surface area contributed by atoms with Crippen LogP contribution in [0.2, 0.25) is 0 Å². The summed E-state index contributed by atoms with van der Waals surface area (Å²) in [5.74, 6) is 1.50. The maximum Gasteiger partial charge on any atom is 0.124 e. The molecule has 2 N–H and O–H groups in total. The van der Waals surface area contributed by atoms with Gasteiger partial charge in [-0.1, -0.05) is 34.1 Å². The molecular weight excluding hydrogens is 318 g/mol. The highest BCUT2D eigenvalue weighted by Crippen LogP contribution is 2.38. The van der Waals surface area contributed by atoms with Crippen molar-refractivity contribution < 1.29 is 9.47 Å². The Bertz CT molecular complexity index is 611. The van der Waals surface area contributed by atoms with E-state index < -0.39 is 5.54 Å². The lowest BCUT2D eigenvalue weighted by molar-refractivity contribution is 0.389. The minimum Gasteiger partial charge on any atom is -0.497 e. The zero-order valence-electron chi connectivity index (χ0n) is 11.8. The normalized spacial score (nSPS) is 13.7. The molecule has 0 amide bonds. The number of halogens is 1. The second kappa shape index (κ2) is 5.85. The summed E-state index contributed by atoms with van der Waals surface area (Å²) in [6.45, 7) is 1.96. The summed E-state index contributed by atoms with van der Waals surface area (Å²) in [7, 11) is 3.28. The number of benzene rings is 2. The highest BCUT2D eigenvalue weighted by molar-refractivity contribution is 9.10. The van der Waals surface area contributed by atoms with Crippen molar-refractivity contribution in [2.24, 2.45) is 5.73 Å². The summed E-state index contributed by atoms with van der Waals surface area (Å²) in [6.07, 6.45) is 0. The molecule has 0 aliphatic carbocycles. The van der Waals surface area contributed by atoms with E-state index in [9.17, 15) is 0 Å². The van der Waals surface area contributed by atoms with E-state index in [2.05, 4.69) is 15.9 Å². The molecule has 1 unspecified atom stereocenters.